The van der Waals surface area contributed by atoms with Gasteiger partial charge in [-0.25, -0.2) is 4.79 Å². The molecule has 1 fully saturated rings. The number of rotatable bonds is 5. The fourth-order valence-corrected chi connectivity index (χ4v) is 2.65. The summed E-state index contributed by atoms with van der Waals surface area (Å²) in [7, 11) is 0. The topological polar surface area (TPSA) is 59.0 Å². The van der Waals surface area contributed by atoms with Crippen molar-refractivity contribution in [2.45, 2.75) is 26.9 Å². The van der Waals surface area contributed by atoms with Crippen molar-refractivity contribution in [2.75, 3.05) is 32.8 Å². The van der Waals surface area contributed by atoms with Crippen LogP contribution in [-0.4, -0.2) is 54.9 Å². The lowest BCUT2D eigenvalue weighted by atomic mass is 10.1. The molecular formula is C16H23NO4. The normalized spacial score (nSPS) is 19.5. The maximum atomic E-state index is 11.0. The Balaban J connectivity index is 2.01. The molecule has 1 N–H and O–H groups in total. The first-order chi connectivity index (χ1) is 10.0. The predicted molar refractivity (Wildman–Crippen MR) is 80.2 cm³/mol. The van der Waals surface area contributed by atoms with E-state index in [9.17, 15) is 4.79 Å². The summed E-state index contributed by atoms with van der Waals surface area (Å²) in [4.78, 5) is 13.4. The van der Waals surface area contributed by atoms with E-state index in [4.69, 9.17) is 14.6 Å². The van der Waals surface area contributed by atoms with Crippen LogP contribution in [0.4, 0.5) is 0 Å². The first kappa shape index (κ1) is 15.8. The maximum Gasteiger partial charge on any atom is 0.335 e. The maximum absolute atomic E-state index is 11.0. The monoisotopic (exact) mass is 293 g/mol. The molecule has 1 aromatic carbocycles. The van der Waals surface area contributed by atoms with Crippen molar-refractivity contribution in [1.82, 2.24) is 4.90 Å². The highest BCUT2D eigenvalue weighted by Gasteiger charge is 2.20. The van der Waals surface area contributed by atoms with Gasteiger partial charge >= 0.3 is 5.97 Å². The van der Waals surface area contributed by atoms with Crippen molar-refractivity contribution in [1.29, 1.82) is 0 Å². The van der Waals surface area contributed by atoms with Gasteiger partial charge in [-0.15, -0.1) is 0 Å². The number of morpholine rings is 1. The van der Waals surface area contributed by atoms with Crippen molar-refractivity contribution in [3.63, 3.8) is 0 Å². The van der Waals surface area contributed by atoms with E-state index in [1.807, 2.05) is 13.8 Å². The first-order valence-corrected chi connectivity index (χ1v) is 7.32. The van der Waals surface area contributed by atoms with Crippen LogP contribution in [0, 0.1) is 13.8 Å². The summed E-state index contributed by atoms with van der Waals surface area (Å²) >= 11 is 0. The quantitative estimate of drug-likeness (QED) is 0.901. The van der Waals surface area contributed by atoms with Crippen LogP contribution in [0.3, 0.4) is 0 Å². The second-order valence-corrected chi connectivity index (χ2v) is 5.44. The van der Waals surface area contributed by atoms with E-state index >= 15 is 0 Å². The van der Waals surface area contributed by atoms with Crippen LogP contribution in [0.25, 0.3) is 0 Å². The Kier molecular flexibility index (Phi) is 5.20. The van der Waals surface area contributed by atoms with Gasteiger partial charge in [-0.2, -0.15) is 0 Å². The lowest BCUT2D eigenvalue weighted by molar-refractivity contribution is -0.0465. The standard InChI is InChI=1S/C16H23NO4/c1-4-17-5-6-20-14(9-17)10-21-15-11(2)7-13(16(18)19)8-12(15)3/h7-8,14H,4-6,9-10H2,1-3H3,(H,18,19). The van der Waals surface area contributed by atoms with Gasteiger partial charge in [0.15, 0.2) is 0 Å². The van der Waals surface area contributed by atoms with Gasteiger partial charge in [-0.3, -0.25) is 4.90 Å². The fourth-order valence-electron chi connectivity index (χ4n) is 2.65. The minimum absolute atomic E-state index is 0.0663. The summed E-state index contributed by atoms with van der Waals surface area (Å²) < 4.78 is 11.6. The molecule has 1 aromatic rings. The summed E-state index contributed by atoms with van der Waals surface area (Å²) in [5.74, 6) is -0.154. The zero-order valence-electron chi connectivity index (χ0n) is 12.9. The number of nitrogens with zero attached hydrogens (tertiary/aromatic N) is 1. The van der Waals surface area contributed by atoms with Crippen LogP contribution < -0.4 is 4.74 Å². The number of aryl methyl sites for hydroxylation is 2. The second-order valence-electron chi connectivity index (χ2n) is 5.44. The van der Waals surface area contributed by atoms with Crippen LogP contribution in [0.1, 0.15) is 28.4 Å². The Morgan fingerprint density at radius 1 is 1.43 bits per heavy atom. The summed E-state index contributed by atoms with van der Waals surface area (Å²) in [5.41, 5.74) is 1.98. The largest absolute Gasteiger partial charge is 0.490 e. The molecule has 0 amide bonds. The molecule has 0 aliphatic carbocycles. The van der Waals surface area contributed by atoms with E-state index in [1.54, 1.807) is 12.1 Å². The molecule has 0 spiro atoms. The molecule has 1 unspecified atom stereocenters. The van der Waals surface area contributed by atoms with Gasteiger partial charge in [-0.1, -0.05) is 6.92 Å². The lowest BCUT2D eigenvalue weighted by Gasteiger charge is -2.32. The van der Waals surface area contributed by atoms with Crippen molar-refractivity contribution in [2.24, 2.45) is 0 Å². The van der Waals surface area contributed by atoms with Crippen LogP contribution in [-0.2, 0) is 4.74 Å². The first-order valence-electron chi connectivity index (χ1n) is 7.32. The highest BCUT2D eigenvalue weighted by atomic mass is 16.5. The average Bonchev–Trinajstić information content (AvgIpc) is 2.46. The number of aromatic carboxylic acids is 1. The minimum Gasteiger partial charge on any atom is -0.490 e. The molecular weight excluding hydrogens is 270 g/mol. The molecule has 2 rings (SSSR count). The fraction of sp³-hybridized carbons (Fsp3) is 0.562. The Labute approximate surface area is 125 Å². The molecule has 5 nitrogen and oxygen atoms in total. The van der Waals surface area contributed by atoms with E-state index in [2.05, 4.69) is 11.8 Å². The number of carboxylic acids is 1. The number of hydrogen-bond donors (Lipinski definition) is 1. The molecule has 21 heavy (non-hydrogen) atoms. The van der Waals surface area contributed by atoms with Gasteiger partial charge in [0.25, 0.3) is 0 Å². The highest BCUT2D eigenvalue weighted by Crippen LogP contribution is 2.25. The van der Waals surface area contributed by atoms with Crippen molar-refractivity contribution in [3.05, 3.63) is 28.8 Å². The number of carboxylic acid groups (broad SMARTS) is 1. The van der Waals surface area contributed by atoms with E-state index < -0.39 is 5.97 Å². The third-order valence-corrected chi connectivity index (χ3v) is 3.79. The van der Waals surface area contributed by atoms with E-state index in [0.29, 0.717) is 12.2 Å². The predicted octanol–water partition coefficient (Wildman–Crippen LogP) is 2.10. The van der Waals surface area contributed by atoms with E-state index in [1.165, 1.54) is 0 Å². The summed E-state index contributed by atoms with van der Waals surface area (Å²) in [5, 5.41) is 9.05. The molecule has 1 atom stereocenters. The number of ether oxygens (including phenoxy) is 2. The SMILES string of the molecule is CCN1CCOC(COc2c(C)cc(C(=O)O)cc2C)C1. The number of likely N-dealkylation sites (N-methyl/N-ethyl adjacent to an activating group) is 1. The van der Waals surface area contributed by atoms with Crippen molar-refractivity contribution < 1.29 is 19.4 Å². The zero-order valence-corrected chi connectivity index (χ0v) is 12.9. The molecule has 5 heteroatoms. The molecule has 1 heterocycles. The average molecular weight is 293 g/mol. The zero-order chi connectivity index (χ0) is 15.4. The van der Waals surface area contributed by atoms with E-state index in [0.717, 1.165) is 43.1 Å². The van der Waals surface area contributed by atoms with Crippen LogP contribution in [0.2, 0.25) is 0 Å². The number of hydrogen-bond acceptors (Lipinski definition) is 4. The molecule has 1 aliphatic rings. The van der Waals surface area contributed by atoms with Gasteiger partial charge in [0.1, 0.15) is 18.5 Å². The van der Waals surface area contributed by atoms with Gasteiger partial charge in [0, 0.05) is 13.1 Å². The Bertz CT molecular complexity index is 492. The molecule has 116 valence electrons. The molecule has 0 saturated carbocycles. The van der Waals surface area contributed by atoms with Crippen molar-refractivity contribution in [3.8, 4) is 5.75 Å². The lowest BCUT2D eigenvalue weighted by Crippen LogP contribution is -2.44. The minimum atomic E-state index is -0.915. The molecule has 0 bridgehead atoms. The molecule has 1 saturated heterocycles. The number of carbonyl (C=O) groups is 1. The molecule has 0 radical (unpaired) electrons. The highest BCUT2D eigenvalue weighted by molar-refractivity contribution is 5.88. The van der Waals surface area contributed by atoms with Crippen LogP contribution in [0.5, 0.6) is 5.75 Å². The smallest absolute Gasteiger partial charge is 0.335 e. The molecule has 1 aliphatic heterocycles. The van der Waals surface area contributed by atoms with Crippen LogP contribution in [0.15, 0.2) is 12.1 Å². The Morgan fingerprint density at radius 2 is 2.10 bits per heavy atom. The number of benzene rings is 1. The van der Waals surface area contributed by atoms with Gasteiger partial charge in [0.05, 0.1) is 12.2 Å². The van der Waals surface area contributed by atoms with Gasteiger partial charge in [0.2, 0.25) is 0 Å². The molecule has 0 aromatic heterocycles. The third kappa shape index (κ3) is 3.95. The van der Waals surface area contributed by atoms with Crippen LogP contribution >= 0.6 is 0 Å². The summed E-state index contributed by atoms with van der Waals surface area (Å²) in [6.45, 7) is 9.97. The van der Waals surface area contributed by atoms with E-state index in [-0.39, 0.29) is 6.10 Å². The van der Waals surface area contributed by atoms with Crippen molar-refractivity contribution >= 4 is 5.97 Å². The Morgan fingerprint density at radius 3 is 2.67 bits per heavy atom. The third-order valence-electron chi connectivity index (χ3n) is 3.79. The van der Waals surface area contributed by atoms with Gasteiger partial charge in [-0.05, 0) is 43.7 Å². The van der Waals surface area contributed by atoms with Gasteiger partial charge < -0.3 is 14.6 Å². The summed E-state index contributed by atoms with van der Waals surface area (Å²) in [6, 6.07) is 3.29. The summed E-state index contributed by atoms with van der Waals surface area (Å²) in [6.07, 6.45) is 0.0663. The second kappa shape index (κ2) is 6.91. The Hall–Kier alpha value is -1.59.